The molecule has 4 nitrogen and oxygen atoms in total. The third-order valence-corrected chi connectivity index (χ3v) is 2.77. The van der Waals surface area contributed by atoms with E-state index in [9.17, 15) is 4.39 Å². The monoisotopic (exact) mass is 256 g/mol. The largest absolute Gasteiger partial charge is 0.379 e. The van der Waals surface area contributed by atoms with Crippen molar-refractivity contribution in [2.75, 3.05) is 5.32 Å². The van der Waals surface area contributed by atoms with Gasteiger partial charge in [0, 0.05) is 17.4 Å². The Balaban J connectivity index is 2.20. The molecule has 1 aromatic heterocycles. The molecular weight excluding hydrogens is 243 g/mol. The number of nitriles is 1. The van der Waals surface area contributed by atoms with Crippen molar-refractivity contribution >= 4 is 5.69 Å². The molecule has 0 unspecified atom stereocenters. The maximum absolute atomic E-state index is 13.6. The average molecular weight is 256 g/mol. The fourth-order valence-electron chi connectivity index (χ4n) is 1.72. The molecule has 0 bridgehead atoms. The Kier molecular flexibility index (Phi) is 3.71. The van der Waals surface area contributed by atoms with E-state index in [1.807, 2.05) is 13.0 Å². The lowest BCUT2D eigenvalue weighted by Crippen LogP contribution is -2.05. The molecule has 0 spiro atoms. The van der Waals surface area contributed by atoms with Crippen molar-refractivity contribution < 1.29 is 4.39 Å². The Morgan fingerprint density at radius 1 is 1.37 bits per heavy atom. The van der Waals surface area contributed by atoms with Crippen LogP contribution in [0.4, 0.5) is 10.1 Å². The Labute approximate surface area is 110 Å². The highest BCUT2D eigenvalue weighted by molar-refractivity contribution is 5.55. The fourth-order valence-corrected chi connectivity index (χ4v) is 1.72. The summed E-state index contributed by atoms with van der Waals surface area (Å²) < 4.78 is 13.6. The van der Waals surface area contributed by atoms with Gasteiger partial charge in [-0.2, -0.15) is 5.26 Å². The minimum absolute atomic E-state index is 0.296. The van der Waals surface area contributed by atoms with Gasteiger partial charge in [0.2, 0.25) is 0 Å². The minimum atomic E-state index is -0.389. The molecule has 1 N–H and O–H groups in total. The number of benzene rings is 1. The number of anilines is 1. The predicted octanol–water partition coefficient (Wildman–Crippen LogP) is 2.72. The molecule has 0 radical (unpaired) electrons. The normalized spacial score (nSPS) is 10.0. The second-order valence-electron chi connectivity index (χ2n) is 4.19. The number of aromatic nitrogens is 2. The van der Waals surface area contributed by atoms with E-state index in [1.165, 1.54) is 6.07 Å². The zero-order valence-corrected chi connectivity index (χ0v) is 10.7. The van der Waals surface area contributed by atoms with E-state index in [-0.39, 0.29) is 5.82 Å². The van der Waals surface area contributed by atoms with Crippen molar-refractivity contribution in [3.8, 4) is 6.07 Å². The van der Waals surface area contributed by atoms with Crippen LogP contribution in [0.5, 0.6) is 0 Å². The van der Waals surface area contributed by atoms with Gasteiger partial charge in [-0.15, -0.1) is 0 Å². The van der Waals surface area contributed by atoms with Crippen LogP contribution in [0, 0.1) is 31.0 Å². The van der Waals surface area contributed by atoms with Crippen LogP contribution in [0.1, 0.15) is 22.6 Å². The van der Waals surface area contributed by atoms with E-state index in [1.54, 1.807) is 25.3 Å². The van der Waals surface area contributed by atoms with Crippen LogP contribution in [0.2, 0.25) is 0 Å². The molecule has 1 heterocycles. The van der Waals surface area contributed by atoms with E-state index in [4.69, 9.17) is 5.26 Å². The third kappa shape index (κ3) is 3.05. The molecule has 0 aliphatic rings. The first-order valence-corrected chi connectivity index (χ1v) is 5.83. The molecule has 0 fully saturated rings. The maximum atomic E-state index is 13.6. The number of aryl methyl sites for hydroxylation is 1. The van der Waals surface area contributed by atoms with Crippen molar-refractivity contribution in [2.24, 2.45) is 0 Å². The number of hydrogen-bond donors (Lipinski definition) is 1. The maximum Gasteiger partial charge on any atom is 0.129 e. The molecule has 96 valence electrons. The Morgan fingerprint density at radius 3 is 2.84 bits per heavy atom. The lowest BCUT2D eigenvalue weighted by Gasteiger charge is -2.10. The predicted molar refractivity (Wildman–Crippen MR) is 69.9 cm³/mol. The number of nitrogens with zero attached hydrogens (tertiary/aromatic N) is 3. The highest BCUT2D eigenvalue weighted by Crippen LogP contribution is 2.20. The summed E-state index contributed by atoms with van der Waals surface area (Å²) in [6, 6.07) is 6.59. The number of halogens is 1. The van der Waals surface area contributed by atoms with Crippen LogP contribution in [0.15, 0.2) is 24.4 Å². The highest BCUT2D eigenvalue weighted by atomic mass is 19.1. The molecule has 1 aromatic carbocycles. The Hall–Kier alpha value is -2.48. The summed E-state index contributed by atoms with van der Waals surface area (Å²) in [6.45, 7) is 3.94. The Bertz CT molecular complexity index is 646. The van der Waals surface area contributed by atoms with Crippen LogP contribution in [0.3, 0.4) is 0 Å². The zero-order chi connectivity index (χ0) is 13.8. The average Bonchev–Trinajstić information content (AvgIpc) is 2.40. The van der Waals surface area contributed by atoms with E-state index in [0.29, 0.717) is 29.2 Å². The Morgan fingerprint density at radius 2 is 2.16 bits per heavy atom. The van der Waals surface area contributed by atoms with Crippen molar-refractivity contribution in [1.82, 2.24) is 9.97 Å². The summed E-state index contributed by atoms with van der Waals surface area (Å²) >= 11 is 0. The molecule has 0 saturated heterocycles. The highest BCUT2D eigenvalue weighted by Gasteiger charge is 2.07. The van der Waals surface area contributed by atoms with Crippen molar-refractivity contribution in [2.45, 2.75) is 20.4 Å². The molecule has 0 aliphatic carbocycles. The summed E-state index contributed by atoms with van der Waals surface area (Å²) in [5, 5.41) is 11.9. The molecule has 19 heavy (non-hydrogen) atoms. The SMILES string of the molecule is Cc1nccc(CNc2cc(C#N)cc(F)c2C)n1. The van der Waals surface area contributed by atoms with Gasteiger partial charge in [-0.25, -0.2) is 14.4 Å². The van der Waals surface area contributed by atoms with Crippen LogP contribution in [-0.2, 0) is 6.54 Å². The first-order valence-electron chi connectivity index (χ1n) is 5.83. The van der Waals surface area contributed by atoms with Crippen LogP contribution in [0.25, 0.3) is 0 Å². The molecule has 2 aromatic rings. The minimum Gasteiger partial charge on any atom is -0.379 e. The molecule has 0 atom stereocenters. The van der Waals surface area contributed by atoms with Gasteiger partial charge >= 0.3 is 0 Å². The molecule has 0 amide bonds. The topological polar surface area (TPSA) is 61.6 Å². The van der Waals surface area contributed by atoms with Crippen LogP contribution < -0.4 is 5.32 Å². The van der Waals surface area contributed by atoms with Crippen molar-refractivity contribution in [1.29, 1.82) is 5.26 Å². The van der Waals surface area contributed by atoms with Gasteiger partial charge in [0.25, 0.3) is 0 Å². The van der Waals surface area contributed by atoms with Gasteiger partial charge in [0.1, 0.15) is 11.6 Å². The second-order valence-corrected chi connectivity index (χ2v) is 4.19. The number of hydrogen-bond acceptors (Lipinski definition) is 4. The summed E-state index contributed by atoms with van der Waals surface area (Å²) in [6.07, 6.45) is 1.68. The van der Waals surface area contributed by atoms with Crippen LogP contribution >= 0.6 is 0 Å². The first kappa shape index (κ1) is 13.0. The van der Waals surface area contributed by atoms with E-state index in [0.717, 1.165) is 5.69 Å². The molecular formula is C14H13FN4. The van der Waals surface area contributed by atoms with E-state index in [2.05, 4.69) is 15.3 Å². The van der Waals surface area contributed by atoms with E-state index < -0.39 is 0 Å². The van der Waals surface area contributed by atoms with Gasteiger partial charge < -0.3 is 5.32 Å². The lowest BCUT2D eigenvalue weighted by atomic mass is 10.1. The van der Waals surface area contributed by atoms with Gasteiger partial charge in [0.15, 0.2) is 0 Å². The summed E-state index contributed by atoms with van der Waals surface area (Å²) in [4.78, 5) is 8.26. The molecule has 2 rings (SSSR count). The lowest BCUT2D eigenvalue weighted by molar-refractivity contribution is 0.618. The zero-order valence-electron chi connectivity index (χ0n) is 10.7. The fraction of sp³-hybridized carbons (Fsp3) is 0.214. The third-order valence-electron chi connectivity index (χ3n) is 2.77. The van der Waals surface area contributed by atoms with Gasteiger partial charge in [-0.1, -0.05) is 0 Å². The van der Waals surface area contributed by atoms with Crippen molar-refractivity contribution in [3.63, 3.8) is 0 Å². The van der Waals surface area contributed by atoms with Gasteiger partial charge in [-0.05, 0) is 32.0 Å². The first-order chi connectivity index (χ1) is 9.10. The van der Waals surface area contributed by atoms with Gasteiger partial charge in [0.05, 0.1) is 23.9 Å². The standard InChI is InChI=1S/C14H13FN4/c1-9-13(15)5-11(7-16)6-14(9)18-8-12-3-4-17-10(2)19-12/h3-6,18H,8H2,1-2H3. The molecule has 0 aliphatic heterocycles. The molecule has 5 heteroatoms. The smallest absolute Gasteiger partial charge is 0.129 e. The van der Waals surface area contributed by atoms with Crippen LogP contribution in [-0.4, -0.2) is 9.97 Å². The molecule has 0 saturated carbocycles. The second kappa shape index (κ2) is 5.44. The van der Waals surface area contributed by atoms with E-state index >= 15 is 0 Å². The summed E-state index contributed by atoms with van der Waals surface area (Å²) in [5.41, 5.74) is 2.21. The quantitative estimate of drug-likeness (QED) is 0.917. The number of nitrogens with one attached hydrogen (secondary N) is 1. The van der Waals surface area contributed by atoms with Gasteiger partial charge in [-0.3, -0.25) is 0 Å². The van der Waals surface area contributed by atoms with Crippen molar-refractivity contribution in [3.05, 3.63) is 52.9 Å². The number of rotatable bonds is 3. The summed E-state index contributed by atoms with van der Waals surface area (Å²) in [5.74, 6) is 0.299. The summed E-state index contributed by atoms with van der Waals surface area (Å²) in [7, 11) is 0.